The summed E-state index contributed by atoms with van der Waals surface area (Å²) in [5, 5.41) is 14.8. The number of hydrogen-bond donors (Lipinski definition) is 2. The summed E-state index contributed by atoms with van der Waals surface area (Å²) in [7, 11) is 1.90. The second kappa shape index (κ2) is 6.29. The summed E-state index contributed by atoms with van der Waals surface area (Å²) < 4.78 is 5.36. The van der Waals surface area contributed by atoms with Crippen LogP contribution in [0.3, 0.4) is 0 Å². The highest BCUT2D eigenvalue weighted by atomic mass is 35.5. The van der Waals surface area contributed by atoms with E-state index in [1.165, 1.54) is 0 Å². The number of benzene rings is 1. The number of H-pyrrole nitrogens is 1. The van der Waals surface area contributed by atoms with Gasteiger partial charge in [-0.3, -0.25) is 5.10 Å². The molecular weight excluding hydrogens is 302 g/mol. The van der Waals surface area contributed by atoms with Gasteiger partial charge in [0.25, 0.3) is 5.89 Å². The largest absolute Gasteiger partial charge is 0.334 e. The van der Waals surface area contributed by atoms with Gasteiger partial charge in [-0.15, -0.1) is 0 Å². The molecule has 2 N–H and O–H groups in total. The molecule has 0 amide bonds. The zero-order valence-corrected chi connectivity index (χ0v) is 13.1. The highest BCUT2D eigenvalue weighted by Gasteiger charge is 2.18. The van der Waals surface area contributed by atoms with Crippen LogP contribution in [0.5, 0.6) is 0 Å². The van der Waals surface area contributed by atoms with Crippen LogP contribution in [0.15, 0.2) is 35.0 Å². The van der Waals surface area contributed by atoms with Gasteiger partial charge in [0.15, 0.2) is 5.82 Å². The lowest BCUT2D eigenvalue weighted by Gasteiger charge is -2.04. The van der Waals surface area contributed by atoms with Gasteiger partial charge in [0.05, 0.1) is 17.5 Å². The van der Waals surface area contributed by atoms with E-state index >= 15 is 0 Å². The van der Waals surface area contributed by atoms with E-state index in [0.29, 0.717) is 23.2 Å². The van der Waals surface area contributed by atoms with Crippen LogP contribution in [0.1, 0.15) is 12.7 Å². The molecule has 1 atom stereocenters. The Balaban J connectivity index is 1.94. The minimum absolute atomic E-state index is 0.276. The molecule has 0 radical (unpaired) electrons. The van der Waals surface area contributed by atoms with E-state index in [9.17, 15) is 0 Å². The molecule has 0 aliphatic carbocycles. The van der Waals surface area contributed by atoms with E-state index in [1.807, 2.05) is 31.3 Å². The number of nitrogens with one attached hydrogen (secondary N) is 2. The predicted octanol–water partition coefficient (Wildman–Crippen LogP) is 2.93. The summed E-state index contributed by atoms with van der Waals surface area (Å²) in [5.74, 6) is 1.09. The zero-order chi connectivity index (χ0) is 15.5. The Morgan fingerprint density at radius 1 is 1.32 bits per heavy atom. The second-order valence-electron chi connectivity index (χ2n) is 5.05. The minimum atomic E-state index is 0.276. The number of halogens is 1. The summed E-state index contributed by atoms with van der Waals surface area (Å²) in [6, 6.07) is 7.82. The highest BCUT2D eigenvalue weighted by Crippen LogP contribution is 2.33. The SMILES string of the molecule is CNC(C)Cc1noc(-c2cn[nH]c2-c2ccccc2Cl)n1. The van der Waals surface area contributed by atoms with Crippen molar-refractivity contribution < 1.29 is 4.52 Å². The lowest BCUT2D eigenvalue weighted by atomic mass is 10.1. The molecule has 6 nitrogen and oxygen atoms in total. The fraction of sp³-hybridized carbons (Fsp3) is 0.267. The molecule has 3 rings (SSSR count). The van der Waals surface area contributed by atoms with E-state index in [1.54, 1.807) is 6.20 Å². The molecular formula is C15H16ClN5O. The average Bonchev–Trinajstić information content (AvgIpc) is 3.16. The Hall–Kier alpha value is -2.18. The van der Waals surface area contributed by atoms with Crippen molar-refractivity contribution in [3.05, 3.63) is 41.3 Å². The minimum Gasteiger partial charge on any atom is -0.334 e. The van der Waals surface area contributed by atoms with Gasteiger partial charge in [-0.2, -0.15) is 10.1 Å². The molecule has 22 heavy (non-hydrogen) atoms. The maximum atomic E-state index is 6.25. The van der Waals surface area contributed by atoms with Crippen LogP contribution in [-0.4, -0.2) is 33.4 Å². The Labute approximate surface area is 132 Å². The van der Waals surface area contributed by atoms with Gasteiger partial charge in [0.1, 0.15) is 0 Å². The second-order valence-corrected chi connectivity index (χ2v) is 5.46. The van der Waals surface area contributed by atoms with Gasteiger partial charge in [-0.1, -0.05) is 35.0 Å². The topological polar surface area (TPSA) is 79.6 Å². The summed E-state index contributed by atoms with van der Waals surface area (Å²) in [4.78, 5) is 4.44. The predicted molar refractivity (Wildman–Crippen MR) is 84.6 cm³/mol. The molecule has 1 aromatic carbocycles. The number of rotatable bonds is 5. The third kappa shape index (κ3) is 2.88. The van der Waals surface area contributed by atoms with Crippen LogP contribution in [0.4, 0.5) is 0 Å². The molecule has 0 saturated carbocycles. The fourth-order valence-corrected chi connectivity index (χ4v) is 2.37. The summed E-state index contributed by atoms with van der Waals surface area (Å²) >= 11 is 6.25. The van der Waals surface area contributed by atoms with Gasteiger partial charge < -0.3 is 9.84 Å². The quantitative estimate of drug-likeness (QED) is 0.756. The number of likely N-dealkylation sites (N-methyl/N-ethyl adjacent to an activating group) is 1. The molecule has 114 valence electrons. The van der Waals surface area contributed by atoms with Crippen LogP contribution >= 0.6 is 11.6 Å². The van der Waals surface area contributed by atoms with Crippen molar-refractivity contribution in [2.75, 3.05) is 7.05 Å². The normalized spacial score (nSPS) is 12.5. The van der Waals surface area contributed by atoms with Crippen LogP contribution < -0.4 is 5.32 Å². The number of hydrogen-bond acceptors (Lipinski definition) is 5. The molecule has 3 aromatic rings. The van der Waals surface area contributed by atoms with Crippen LogP contribution in [0, 0.1) is 0 Å². The number of aromatic nitrogens is 4. The first-order valence-electron chi connectivity index (χ1n) is 6.97. The van der Waals surface area contributed by atoms with E-state index < -0.39 is 0 Å². The summed E-state index contributed by atoms with van der Waals surface area (Å²) in [6.07, 6.45) is 2.36. The van der Waals surface area contributed by atoms with Gasteiger partial charge in [-0.05, 0) is 20.0 Å². The summed E-state index contributed by atoms with van der Waals surface area (Å²) in [6.45, 7) is 2.06. The first kappa shape index (κ1) is 14.7. The van der Waals surface area contributed by atoms with Crippen molar-refractivity contribution >= 4 is 11.6 Å². The van der Waals surface area contributed by atoms with Crippen molar-refractivity contribution in [2.45, 2.75) is 19.4 Å². The molecule has 0 fully saturated rings. The fourth-order valence-electron chi connectivity index (χ4n) is 2.14. The maximum Gasteiger partial charge on any atom is 0.261 e. The van der Waals surface area contributed by atoms with Gasteiger partial charge >= 0.3 is 0 Å². The van der Waals surface area contributed by atoms with E-state index in [-0.39, 0.29) is 6.04 Å². The summed E-state index contributed by atoms with van der Waals surface area (Å²) in [5.41, 5.74) is 2.35. The van der Waals surface area contributed by atoms with Crippen LogP contribution in [0.25, 0.3) is 22.7 Å². The van der Waals surface area contributed by atoms with E-state index in [4.69, 9.17) is 16.1 Å². The maximum absolute atomic E-state index is 6.25. The van der Waals surface area contributed by atoms with E-state index in [2.05, 4.69) is 32.6 Å². The lowest BCUT2D eigenvalue weighted by molar-refractivity contribution is 0.418. The third-order valence-electron chi connectivity index (χ3n) is 3.46. The van der Waals surface area contributed by atoms with E-state index in [0.717, 1.165) is 16.8 Å². The van der Waals surface area contributed by atoms with Crippen molar-refractivity contribution in [2.24, 2.45) is 0 Å². The number of aromatic amines is 1. The molecule has 0 bridgehead atoms. The molecule has 0 aliphatic heterocycles. The monoisotopic (exact) mass is 317 g/mol. The first-order chi connectivity index (χ1) is 10.7. The molecule has 2 heterocycles. The van der Waals surface area contributed by atoms with Crippen molar-refractivity contribution in [1.29, 1.82) is 0 Å². The van der Waals surface area contributed by atoms with Gasteiger partial charge in [0.2, 0.25) is 0 Å². The molecule has 2 aromatic heterocycles. The standard InChI is InChI=1S/C15H16ClN5O/c1-9(17-2)7-13-19-15(22-21-13)11-8-18-20-14(11)10-5-3-4-6-12(10)16/h3-6,8-9,17H,7H2,1-2H3,(H,18,20). The van der Waals surface area contributed by atoms with Crippen LogP contribution in [0.2, 0.25) is 5.02 Å². The first-order valence-corrected chi connectivity index (χ1v) is 7.35. The Morgan fingerprint density at radius 2 is 2.14 bits per heavy atom. The van der Waals surface area contributed by atoms with Gasteiger partial charge in [0, 0.05) is 23.0 Å². The van der Waals surface area contributed by atoms with Crippen LogP contribution in [-0.2, 0) is 6.42 Å². The molecule has 0 spiro atoms. The average molecular weight is 318 g/mol. The molecule has 1 unspecified atom stereocenters. The number of nitrogens with zero attached hydrogens (tertiary/aromatic N) is 3. The van der Waals surface area contributed by atoms with Crippen molar-refractivity contribution in [3.63, 3.8) is 0 Å². The van der Waals surface area contributed by atoms with Crippen molar-refractivity contribution in [3.8, 4) is 22.7 Å². The Morgan fingerprint density at radius 3 is 2.91 bits per heavy atom. The molecule has 7 heteroatoms. The third-order valence-corrected chi connectivity index (χ3v) is 3.79. The molecule has 0 aliphatic rings. The highest BCUT2D eigenvalue weighted by molar-refractivity contribution is 6.33. The Bertz CT molecular complexity index is 767. The smallest absolute Gasteiger partial charge is 0.261 e. The Kier molecular flexibility index (Phi) is 4.22. The lowest BCUT2D eigenvalue weighted by Crippen LogP contribution is -2.24. The van der Waals surface area contributed by atoms with Gasteiger partial charge in [-0.25, -0.2) is 0 Å². The van der Waals surface area contributed by atoms with Crippen molar-refractivity contribution in [1.82, 2.24) is 25.7 Å². The molecule has 0 saturated heterocycles. The zero-order valence-electron chi connectivity index (χ0n) is 12.3.